The Labute approximate surface area is 363 Å². The van der Waals surface area contributed by atoms with Crippen molar-refractivity contribution in [2.75, 3.05) is 0 Å². The van der Waals surface area contributed by atoms with Crippen molar-refractivity contribution in [1.29, 1.82) is 0 Å². The Morgan fingerprint density at radius 1 is 0.270 bits per heavy atom. The van der Waals surface area contributed by atoms with Crippen molar-refractivity contribution in [2.45, 2.75) is 0 Å². The van der Waals surface area contributed by atoms with Crippen LogP contribution >= 0.6 is 0 Å². The van der Waals surface area contributed by atoms with E-state index in [0.29, 0.717) is 17.5 Å². The fourth-order valence-corrected chi connectivity index (χ4v) is 8.88. The SMILES string of the molecule is c1ccc(-c2ccc(-c3nc(-c4ccc(-c5ccccc5)cc4)nc(-c4cccc(-c5c6c(cc7c(-c8ccccc8)nc8ccccc8c57)oc5ccccc56)c4)n3)cc2)cc1. The average Bonchev–Trinajstić information content (AvgIpc) is 3.74. The normalized spacial score (nSPS) is 11.5. The van der Waals surface area contributed by atoms with Gasteiger partial charge in [-0.15, -0.1) is 0 Å². The third-order valence-corrected chi connectivity index (χ3v) is 11.9. The summed E-state index contributed by atoms with van der Waals surface area (Å²) < 4.78 is 6.68. The van der Waals surface area contributed by atoms with Gasteiger partial charge in [0.25, 0.3) is 0 Å². The van der Waals surface area contributed by atoms with Gasteiger partial charge in [-0.2, -0.15) is 0 Å². The van der Waals surface area contributed by atoms with Crippen LogP contribution in [0.15, 0.2) is 223 Å². The molecule has 0 spiro atoms. The second-order valence-corrected chi connectivity index (χ2v) is 15.8. The zero-order chi connectivity index (χ0) is 41.7. The monoisotopic (exact) mass is 804 g/mol. The average molecular weight is 805 g/mol. The molecule has 5 heteroatoms. The van der Waals surface area contributed by atoms with E-state index in [9.17, 15) is 0 Å². The number of para-hydroxylation sites is 2. The first-order chi connectivity index (χ1) is 31.2. The Morgan fingerprint density at radius 2 is 0.730 bits per heavy atom. The molecule has 0 saturated carbocycles. The van der Waals surface area contributed by atoms with Crippen molar-refractivity contribution in [2.24, 2.45) is 0 Å². The lowest BCUT2D eigenvalue weighted by Crippen LogP contribution is -2.00. The number of pyridine rings is 1. The van der Waals surface area contributed by atoms with E-state index in [1.54, 1.807) is 0 Å². The number of fused-ring (bicyclic) bond motifs is 6. The largest absolute Gasteiger partial charge is 0.456 e. The van der Waals surface area contributed by atoms with Gasteiger partial charge in [-0.1, -0.05) is 194 Å². The maximum atomic E-state index is 6.68. The molecular weight excluding hydrogens is 769 g/mol. The number of benzene rings is 9. The predicted molar refractivity (Wildman–Crippen MR) is 258 cm³/mol. The minimum absolute atomic E-state index is 0.584. The summed E-state index contributed by atoms with van der Waals surface area (Å²) in [5, 5.41) is 5.32. The molecule has 0 amide bonds. The molecule has 12 aromatic rings. The molecule has 63 heavy (non-hydrogen) atoms. The molecule has 0 aliphatic heterocycles. The van der Waals surface area contributed by atoms with Gasteiger partial charge in [0.2, 0.25) is 0 Å². The maximum Gasteiger partial charge on any atom is 0.164 e. The Hall–Kier alpha value is -8.54. The van der Waals surface area contributed by atoms with Crippen LogP contribution < -0.4 is 0 Å². The molecule has 0 N–H and O–H groups in total. The van der Waals surface area contributed by atoms with Gasteiger partial charge in [-0.25, -0.2) is 19.9 Å². The van der Waals surface area contributed by atoms with E-state index in [4.69, 9.17) is 24.4 Å². The van der Waals surface area contributed by atoms with Crippen LogP contribution in [-0.4, -0.2) is 19.9 Å². The van der Waals surface area contributed by atoms with Gasteiger partial charge in [0.15, 0.2) is 17.5 Å². The summed E-state index contributed by atoms with van der Waals surface area (Å²) in [6, 6.07) is 75.6. The summed E-state index contributed by atoms with van der Waals surface area (Å²) in [5.41, 5.74) is 13.9. The van der Waals surface area contributed by atoms with Gasteiger partial charge >= 0.3 is 0 Å². The smallest absolute Gasteiger partial charge is 0.164 e. The van der Waals surface area contributed by atoms with Crippen molar-refractivity contribution in [1.82, 2.24) is 19.9 Å². The van der Waals surface area contributed by atoms with Gasteiger partial charge < -0.3 is 4.42 Å². The van der Waals surface area contributed by atoms with Crippen LogP contribution in [0, 0.1) is 0 Å². The van der Waals surface area contributed by atoms with Gasteiger partial charge in [-0.3, -0.25) is 0 Å². The van der Waals surface area contributed by atoms with Crippen LogP contribution in [0.3, 0.4) is 0 Å². The standard InChI is InChI=1S/C58H36N4O/c1-4-15-37(16-5-1)39-27-31-42(32-28-39)56-60-57(43-33-29-40(30-34-43)38-17-6-2-7-18-38)62-58(61-56)45-22-14-21-44(35-45)52-53-46-23-10-12-25-49(46)59-55(41-19-8-3-9-20-41)48(53)36-51-54(52)47-24-11-13-26-50(47)63-51/h1-36H. The quantitative estimate of drug-likeness (QED) is 0.150. The summed E-state index contributed by atoms with van der Waals surface area (Å²) in [6.07, 6.45) is 0. The number of aromatic nitrogens is 4. The Bertz CT molecular complexity index is 3540. The Balaban J connectivity index is 1.08. The molecule has 0 bridgehead atoms. The molecule has 3 heterocycles. The van der Waals surface area contributed by atoms with Crippen LogP contribution in [0.25, 0.3) is 122 Å². The second kappa shape index (κ2) is 15.2. The summed E-state index contributed by atoms with van der Waals surface area (Å²) in [5.74, 6) is 1.79. The lowest BCUT2D eigenvalue weighted by molar-refractivity contribution is 0.669. The van der Waals surface area contributed by atoms with Gasteiger partial charge in [0.05, 0.1) is 11.2 Å². The highest BCUT2D eigenvalue weighted by Crippen LogP contribution is 2.46. The molecule has 294 valence electrons. The van der Waals surface area contributed by atoms with E-state index in [2.05, 4.69) is 188 Å². The van der Waals surface area contributed by atoms with E-state index in [0.717, 1.165) is 105 Å². The molecular formula is C58H36N4O. The van der Waals surface area contributed by atoms with Gasteiger partial charge in [0.1, 0.15) is 11.2 Å². The fraction of sp³-hybridized carbons (Fsp3) is 0. The highest BCUT2D eigenvalue weighted by molar-refractivity contribution is 6.27. The summed E-state index contributed by atoms with van der Waals surface area (Å²) in [7, 11) is 0. The molecule has 0 aliphatic rings. The molecule has 5 nitrogen and oxygen atoms in total. The third kappa shape index (κ3) is 6.51. The van der Waals surface area contributed by atoms with Crippen LogP contribution in [0.2, 0.25) is 0 Å². The lowest BCUT2D eigenvalue weighted by atomic mass is 9.89. The fourth-order valence-electron chi connectivity index (χ4n) is 8.88. The van der Waals surface area contributed by atoms with Gasteiger partial charge in [-0.05, 0) is 52.1 Å². The van der Waals surface area contributed by atoms with Crippen molar-refractivity contribution >= 4 is 43.6 Å². The van der Waals surface area contributed by atoms with Crippen molar-refractivity contribution in [3.05, 3.63) is 218 Å². The highest BCUT2D eigenvalue weighted by Gasteiger charge is 2.22. The van der Waals surface area contributed by atoms with Crippen molar-refractivity contribution < 1.29 is 4.42 Å². The number of hydrogen-bond donors (Lipinski definition) is 0. The zero-order valence-electron chi connectivity index (χ0n) is 34.0. The van der Waals surface area contributed by atoms with E-state index >= 15 is 0 Å². The maximum absolute atomic E-state index is 6.68. The first-order valence-electron chi connectivity index (χ1n) is 21.1. The molecule has 0 aliphatic carbocycles. The van der Waals surface area contributed by atoms with Crippen LogP contribution in [0.4, 0.5) is 0 Å². The first kappa shape index (κ1) is 36.3. The summed E-state index contributed by atoms with van der Waals surface area (Å²) >= 11 is 0. The zero-order valence-corrected chi connectivity index (χ0v) is 34.0. The highest BCUT2D eigenvalue weighted by atomic mass is 16.3. The lowest BCUT2D eigenvalue weighted by Gasteiger charge is -2.16. The second-order valence-electron chi connectivity index (χ2n) is 15.8. The minimum atomic E-state index is 0.584. The van der Waals surface area contributed by atoms with Crippen LogP contribution in [0.1, 0.15) is 0 Å². The first-order valence-corrected chi connectivity index (χ1v) is 21.1. The third-order valence-electron chi connectivity index (χ3n) is 11.9. The Kier molecular flexibility index (Phi) is 8.75. The number of hydrogen-bond acceptors (Lipinski definition) is 5. The number of furan rings is 1. The molecule has 3 aromatic heterocycles. The molecule has 0 fully saturated rings. The Morgan fingerprint density at radius 3 is 1.35 bits per heavy atom. The molecule has 0 saturated heterocycles. The summed E-state index contributed by atoms with van der Waals surface area (Å²) in [6.45, 7) is 0. The van der Waals surface area contributed by atoms with E-state index in [1.807, 2.05) is 30.3 Å². The topological polar surface area (TPSA) is 64.7 Å². The molecule has 12 rings (SSSR count). The molecule has 0 radical (unpaired) electrons. The van der Waals surface area contributed by atoms with Crippen LogP contribution in [0.5, 0.6) is 0 Å². The van der Waals surface area contributed by atoms with E-state index < -0.39 is 0 Å². The molecule has 0 unspecified atom stereocenters. The predicted octanol–water partition coefficient (Wildman–Crippen LogP) is 15.1. The van der Waals surface area contributed by atoms with Crippen molar-refractivity contribution in [3.63, 3.8) is 0 Å². The van der Waals surface area contributed by atoms with Crippen molar-refractivity contribution in [3.8, 4) is 78.8 Å². The molecule has 0 atom stereocenters. The van der Waals surface area contributed by atoms with E-state index in [-0.39, 0.29) is 0 Å². The summed E-state index contributed by atoms with van der Waals surface area (Å²) in [4.78, 5) is 20.9. The van der Waals surface area contributed by atoms with Crippen LogP contribution in [-0.2, 0) is 0 Å². The molecule has 9 aromatic carbocycles. The number of nitrogens with zero attached hydrogens (tertiary/aromatic N) is 4. The minimum Gasteiger partial charge on any atom is -0.456 e. The van der Waals surface area contributed by atoms with E-state index in [1.165, 1.54) is 0 Å². The number of rotatable bonds is 7. The van der Waals surface area contributed by atoms with Gasteiger partial charge in [0, 0.05) is 54.7 Å².